The molecule has 0 aliphatic rings. The predicted molar refractivity (Wildman–Crippen MR) is 136 cm³/mol. The Balaban J connectivity index is 1.28. The van der Waals surface area contributed by atoms with Gasteiger partial charge >= 0.3 is 0 Å². The molecule has 0 atom stereocenters. The minimum atomic E-state index is -0.256. The molecule has 4 aromatic rings. The summed E-state index contributed by atoms with van der Waals surface area (Å²) in [4.78, 5) is 12.0. The van der Waals surface area contributed by atoms with Crippen molar-refractivity contribution in [2.24, 2.45) is 5.10 Å². The topological polar surface area (TPSA) is 69.2 Å². The number of carbonyl (C=O) groups excluding carboxylic acids is 1. The molecule has 35 heavy (non-hydrogen) atoms. The van der Waals surface area contributed by atoms with Gasteiger partial charge in [-0.25, -0.2) is 5.43 Å². The first-order valence-electron chi connectivity index (χ1n) is 11.2. The Labute approximate surface area is 204 Å². The van der Waals surface area contributed by atoms with E-state index < -0.39 is 0 Å². The molecule has 0 bridgehead atoms. The maximum Gasteiger partial charge on any atom is 0.271 e. The Bertz CT molecular complexity index is 1260. The third kappa shape index (κ3) is 6.95. The zero-order valence-corrected chi connectivity index (χ0v) is 19.4. The van der Waals surface area contributed by atoms with Crippen molar-refractivity contribution in [1.29, 1.82) is 0 Å². The van der Waals surface area contributed by atoms with E-state index in [4.69, 9.17) is 14.2 Å². The van der Waals surface area contributed by atoms with Crippen molar-refractivity contribution in [3.05, 3.63) is 125 Å². The molecule has 4 aromatic carbocycles. The summed E-state index contributed by atoms with van der Waals surface area (Å²) in [6.07, 6.45) is 1.59. The minimum Gasteiger partial charge on any atom is -0.493 e. The van der Waals surface area contributed by atoms with Crippen LogP contribution in [0.4, 0.5) is 0 Å². The highest BCUT2D eigenvalue weighted by Gasteiger charge is 2.07. The van der Waals surface area contributed by atoms with Crippen LogP contribution in [-0.4, -0.2) is 19.2 Å². The predicted octanol–water partition coefficient (Wildman–Crippen LogP) is 5.62. The number of rotatable bonds is 10. The molecule has 1 N–H and O–H groups in total. The molecule has 6 heteroatoms. The monoisotopic (exact) mass is 466 g/mol. The minimum absolute atomic E-state index is 0.256. The molecule has 0 saturated carbocycles. The van der Waals surface area contributed by atoms with Crippen molar-refractivity contribution < 1.29 is 19.0 Å². The van der Waals surface area contributed by atoms with Crippen molar-refractivity contribution in [2.45, 2.75) is 13.2 Å². The van der Waals surface area contributed by atoms with Crippen LogP contribution in [0.1, 0.15) is 27.0 Å². The number of methoxy groups -OCH3 is 1. The molecule has 0 spiro atoms. The van der Waals surface area contributed by atoms with Gasteiger partial charge in [0.1, 0.15) is 19.0 Å². The van der Waals surface area contributed by atoms with Gasteiger partial charge in [0, 0.05) is 5.56 Å². The smallest absolute Gasteiger partial charge is 0.271 e. The summed E-state index contributed by atoms with van der Waals surface area (Å²) < 4.78 is 17.3. The highest BCUT2D eigenvalue weighted by molar-refractivity contribution is 5.94. The van der Waals surface area contributed by atoms with E-state index in [9.17, 15) is 4.79 Å². The van der Waals surface area contributed by atoms with Crippen molar-refractivity contribution >= 4 is 12.1 Å². The Morgan fingerprint density at radius 2 is 1.46 bits per heavy atom. The van der Waals surface area contributed by atoms with E-state index in [0.29, 0.717) is 30.3 Å². The molecule has 0 radical (unpaired) electrons. The molecule has 0 heterocycles. The Kier molecular flexibility index (Phi) is 8.11. The largest absolute Gasteiger partial charge is 0.493 e. The summed E-state index contributed by atoms with van der Waals surface area (Å²) in [5.41, 5.74) is 5.97. The maximum absolute atomic E-state index is 12.0. The molecule has 0 aliphatic carbocycles. The first kappa shape index (κ1) is 23.6. The molecule has 176 valence electrons. The van der Waals surface area contributed by atoms with Gasteiger partial charge in [0.15, 0.2) is 11.5 Å². The molecule has 0 fully saturated rings. The second-order valence-corrected chi connectivity index (χ2v) is 7.68. The summed E-state index contributed by atoms with van der Waals surface area (Å²) >= 11 is 0. The lowest BCUT2D eigenvalue weighted by Crippen LogP contribution is -2.17. The SMILES string of the molecule is COc1cc(COc2ccc(/C=N/NC(=O)c3ccccc3)cc2)ccc1OCc1ccccc1. The van der Waals surface area contributed by atoms with Crippen LogP contribution in [0.3, 0.4) is 0 Å². The van der Waals surface area contributed by atoms with Crippen LogP contribution in [0.2, 0.25) is 0 Å². The molecule has 0 aliphatic heterocycles. The average molecular weight is 467 g/mol. The van der Waals surface area contributed by atoms with Crippen molar-refractivity contribution in [3.63, 3.8) is 0 Å². The number of hydrazone groups is 1. The zero-order chi connectivity index (χ0) is 24.3. The van der Waals surface area contributed by atoms with E-state index in [1.165, 1.54) is 0 Å². The molecule has 0 aromatic heterocycles. The second-order valence-electron chi connectivity index (χ2n) is 7.68. The van der Waals surface area contributed by atoms with Crippen molar-refractivity contribution in [3.8, 4) is 17.2 Å². The summed E-state index contributed by atoms with van der Waals surface area (Å²) in [5, 5.41) is 4.01. The number of nitrogens with one attached hydrogen (secondary N) is 1. The van der Waals surface area contributed by atoms with E-state index in [1.807, 2.05) is 91.0 Å². The van der Waals surface area contributed by atoms with Crippen LogP contribution in [-0.2, 0) is 13.2 Å². The zero-order valence-electron chi connectivity index (χ0n) is 19.4. The lowest BCUT2D eigenvalue weighted by atomic mass is 10.2. The standard InChI is InChI=1S/C29H26N2O4/c1-33-28-18-24(14-17-27(28)35-20-23-8-4-2-5-9-23)21-34-26-15-12-22(13-16-26)19-30-31-29(32)25-10-6-3-7-11-25/h2-19H,20-21H2,1H3,(H,31,32)/b30-19+. The van der Waals surface area contributed by atoms with Gasteiger partial charge in [-0.15, -0.1) is 0 Å². The molecule has 0 saturated heterocycles. The molecule has 6 nitrogen and oxygen atoms in total. The quantitative estimate of drug-likeness (QED) is 0.243. The van der Waals surface area contributed by atoms with E-state index in [-0.39, 0.29) is 5.91 Å². The molecule has 4 rings (SSSR count). The van der Waals surface area contributed by atoms with Crippen LogP contribution in [0.15, 0.2) is 108 Å². The summed E-state index contributed by atoms with van der Waals surface area (Å²) in [6.45, 7) is 0.856. The lowest BCUT2D eigenvalue weighted by molar-refractivity contribution is 0.0955. The van der Waals surface area contributed by atoms with Crippen LogP contribution in [0.25, 0.3) is 0 Å². The number of amides is 1. The van der Waals surface area contributed by atoms with Crippen molar-refractivity contribution in [1.82, 2.24) is 5.43 Å². The Hall–Kier alpha value is -4.58. The Morgan fingerprint density at radius 3 is 2.17 bits per heavy atom. The van der Waals surface area contributed by atoms with E-state index >= 15 is 0 Å². The Morgan fingerprint density at radius 1 is 0.771 bits per heavy atom. The molecular weight excluding hydrogens is 440 g/mol. The summed E-state index contributed by atoms with van der Waals surface area (Å²) in [7, 11) is 1.62. The second kappa shape index (κ2) is 12.0. The van der Waals surface area contributed by atoms with E-state index in [0.717, 1.165) is 22.4 Å². The molecule has 1 amide bonds. The van der Waals surface area contributed by atoms with Gasteiger partial charge in [0.25, 0.3) is 5.91 Å². The fraction of sp³-hybridized carbons (Fsp3) is 0.103. The third-order valence-corrected chi connectivity index (χ3v) is 5.17. The average Bonchev–Trinajstić information content (AvgIpc) is 2.92. The maximum atomic E-state index is 12.0. The summed E-state index contributed by atoms with van der Waals surface area (Å²) in [5.74, 6) is 1.81. The fourth-order valence-electron chi connectivity index (χ4n) is 3.29. The number of carbonyl (C=O) groups is 1. The van der Waals surface area contributed by atoms with E-state index in [2.05, 4.69) is 10.5 Å². The highest BCUT2D eigenvalue weighted by Crippen LogP contribution is 2.29. The lowest BCUT2D eigenvalue weighted by Gasteiger charge is -2.13. The van der Waals surface area contributed by atoms with Crippen molar-refractivity contribution in [2.75, 3.05) is 7.11 Å². The number of hydrogen-bond acceptors (Lipinski definition) is 5. The number of nitrogens with zero attached hydrogens (tertiary/aromatic N) is 1. The number of ether oxygens (including phenoxy) is 3. The van der Waals surface area contributed by atoms with Gasteiger partial charge in [0.05, 0.1) is 13.3 Å². The van der Waals surface area contributed by atoms with Gasteiger partial charge in [0.2, 0.25) is 0 Å². The normalized spacial score (nSPS) is 10.7. The van der Waals surface area contributed by atoms with Gasteiger partial charge in [-0.2, -0.15) is 5.10 Å². The van der Waals surface area contributed by atoms with E-state index in [1.54, 1.807) is 25.5 Å². The highest BCUT2D eigenvalue weighted by atomic mass is 16.5. The third-order valence-electron chi connectivity index (χ3n) is 5.17. The number of hydrogen-bond donors (Lipinski definition) is 1. The van der Waals surface area contributed by atoms with Gasteiger partial charge in [-0.3, -0.25) is 4.79 Å². The van der Waals surface area contributed by atoms with Gasteiger partial charge in [-0.1, -0.05) is 54.6 Å². The first-order valence-corrected chi connectivity index (χ1v) is 11.2. The van der Waals surface area contributed by atoms with Gasteiger partial charge in [-0.05, 0) is 65.2 Å². The van der Waals surface area contributed by atoms with Crippen LogP contribution in [0, 0.1) is 0 Å². The van der Waals surface area contributed by atoms with Gasteiger partial charge < -0.3 is 14.2 Å². The molecular formula is C29H26N2O4. The fourth-order valence-corrected chi connectivity index (χ4v) is 3.29. The summed E-state index contributed by atoms with van der Waals surface area (Å²) in [6, 6.07) is 32.1. The van der Waals surface area contributed by atoms with Crippen LogP contribution < -0.4 is 19.6 Å². The molecule has 0 unspecified atom stereocenters. The van der Waals surface area contributed by atoms with Crippen LogP contribution >= 0.6 is 0 Å². The number of benzene rings is 4. The first-order chi connectivity index (χ1) is 17.2. The van der Waals surface area contributed by atoms with Crippen LogP contribution in [0.5, 0.6) is 17.2 Å².